The molecule has 0 atom stereocenters. The van der Waals surface area contributed by atoms with Crippen LogP contribution in [-0.2, 0) is 10.8 Å². The largest absolute Gasteiger partial charge is 0.309 e. The van der Waals surface area contributed by atoms with Gasteiger partial charge in [-0.1, -0.05) is 258 Å². The molecule has 0 radical (unpaired) electrons. The zero-order chi connectivity index (χ0) is 72.8. The van der Waals surface area contributed by atoms with E-state index >= 15 is 0 Å². The van der Waals surface area contributed by atoms with E-state index in [0.717, 1.165) is 127 Å². The third-order valence-electron chi connectivity index (χ3n) is 23.9. The lowest BCUT2D eigenvalue weighted by atomic mass is 9.81. The van der Waals surface area contributed by atoms with Gasteiger partial charge in [0, 0.05) is 87.5 Å². The number of aromatic nitrogens is 10. The van der Waals surface area contributed by atoms with Crippen LogP contribution in [0, 0.1) is 0 Å². The summed E-state index contributed by atoms with van der Waals surface area (Å²) in [5, 5.41) is 11.5. The molecular weight excluding hydrogens is 1340 g/mol. The van der Waals surface area contributed by atoms with Crippen LogP contribution in [0.2, 0.25) is 0 Å². The lowest BCUT2D eigenvalue weighted by Gasteiger charge is -2.23. The van der Waals surface area contributed by atoms with Crippen molar-refractivity contribution in [2.45, 2.75) is 38.5 Å². The van der Waals surface area contributed by atoms with Crippen LogP contribution in [0.4, 0.5) is 0 Å². The van der Waals surface area contributed by atoms with Crippen LogP contribution < -0.4 is 0 Å². The number of fused-ring (bicyclic) bond motifs is 21. The normalized spacial score (nSPS) is 13.4. The molecular formula is C100H66N10. The number of hydrogen-bond acceptors (Lipinski definition) is 6. The predicted octanol–water partition coefficient (Wildman–Crippen LogP) is 24.5. The predicted molar refractivity (Wildman–Crippen MR) is 450 cm³/mol. The summed E-state index contributed by atoms with van der Waals surface area (Å²) in [6, 6.07) is 118. The second-order valence-electron chi connectivity index (χ2n) is 30.6. The van der Waals surface area contributed by atoms with Gasteiger partial charge in [-0.3, -0.25) is 9.13 Å². The van der Waals surface area contributed by atoms with Crippen LogP contribution in [0.3, 0.4) is 0 Å². The van der Waals surface area contributed by atoms with Crippen molar-refractivity contribution in [3.05, 3.63) is 350 Å². The van der Waals surface area contributed by atoms with Gasteiger partial charge in [-0.2, -0.15) is 19.9 Å². The van der Waals surface area contributed by atoms with E-state index in [2.05, 4.69) is 355 Å². The molecule has 0 unspecified atom stereocenters. The molecule has 2 aliphatic carbocycles. The highest BCUT2D eigenvalue weighted by molar-refractivity contribution is 6.30. The van der Waals surface area contributed by atoms with Gasteiger partial charge in [-0.15, -0.1) is 0 Å². The summed E-state index contributed by atoms with van der Waals surface area (Å²) in [5.74, 6) is 3.56. The molecule has 2 aliphatic rings. The number of nitrogens with zero attached hydrogens (tertiary/aromatic N) is 10. The molecule has 15 aromatic carbocycles. The summed E-state index contributed by atoms with van der Waals surface area (Å²) in [5.41, 5.74) is 26.2. The molecule has 0 saturated carbocycles. The third-order valence-corrected chi connectivity index (χ3v) is 23.9. The molecule has 10 heteroatoms. The monoisotopic (exact) mass is 1410 g/mol. The highest BCUT2D eigenvalue weighted by Gasteiger charge is 2.38. The van der Waals surface area contributed by atoms with Crippen LogP contribution in [0.25, 0.3) is 200 Å². The maximum absolute atomic E-state index is 5.64. The van der Waals surface area contributed by atoms with E-state index in [4.69, 9.17) is 29.9 Å². The van der Waals surface area contributed by atoms with Gasteiger partial charge >= 0.3 is 0 Å². The minimum Gasteiger partial charge on any atom is -0.309 e. The first-order chi connectivity index (χ1) is 54.1. The van der Waals surface area contributed by atoms with E-state index in [0.29, 0.717) is 35.2 Å². The van der Waals surface area contributed by atoms with Crippen LogP contribution in [0.5, 0.6) is 0 Å². The first-order valence-electron chi connectivity index (χ1n) is 37.7. The van der Waals surface area contributed by atoms with Crippen molar-refractivity contribution in [3.63, 3.8) is 0 Å². The molecule has 0 N–H and O–H groups in total. The van der Waals surface area contributed by atoms with Gasteiger partial charge in [0.1, 0.15) is 0 Å². The standard InChI is InChI=1S/C100H66N10/c1-99(2)77-37-18-13-32-69(77)70-48-45-65(57-79(70)99)95-102-96(106-98(105-95)110-84-41-22-16-35-75(84)91-87(110)52-50-85-89(91)73-33-14-19-38-81(73)107(85)67-29-9-6-10-30-67)66-46-49-72-71-47-44-63(56-78(71)100(3,4)80(72)58-66)62-28-23-31-68(55-62)108-82-39-20-15-34-74(82)90-86(108)51-53-88-92(90)76-36-17-21-40-83(76)109(88)97-103-93(60-25-7-5-8-26-60)101-94(104-97)64-43-42-59-24-11-12-27-61(59)54-64/h5-58H,1-4H3. The summed E-state index contributed by atoms with van der Waals surface area (Å²) < 4.78 is 9.34. The number of benzene rings is 15. The second kappa shape index (κ2) is 23.1. The zero-order valence-electron chi connectivity index (χ0n) is 60.6. The molecule has 21 aromatic rings. The molecule has 0 aliphatic heterocycles. The first-order valence-corrected chi connectivity index (χ1v) is 37.7. The lowest BCUT2D eigenvalue weighted by Crippen LogP contribution is -2.15. The molecule has 0 spiro atoms. The van der Waals surface area contributed by atoms with Gasteiger partial charge in [0.25, 0.3) is 0 Å². The number of hydrogen-bond donors (Lipinski definition) is 0. The van der Waals surface area contributed by atoms with Crippen molar-refractivity contribution in [3.8, 4) is 102 Å². The average molecular weight is 1410 g/mol. The fourth-order valence-corrected chi connectivity index (χ4v) is 18.7. The summed E-state index contributed by atoms with van der Waals surface area (Å²) in [6.45, 7) is 9.40. The highest BCUT2D eigenvalue weighted by Crippen LogP contribution is 2.53. The Kier molecular flexibility index (Phi) is 13.0. The second-order valence-corrected chi connectivity index (χ2v) is 30.6. The molecule has 110 heavy (non-hydrogen) atoms. The summed E-state index contributed by atoms with van der Waals surface area (Å²) in [4.78, 5) is 32.7. The summed E-state index contributed by atoms with van der Waals surface area (Å²) in [7, 11) is 0. The SMILES string of the molecule is CC1(C)c2ccccc2-c2ccc(-c3nc(-c4ccc5c(c4)C(C)(C)c4cc(-c6cccc(-n7c8ccccc8c8c9c%10ccccc%10n(-c%10nc(-c%11ccccc%11)nc(-c%11ccc%12ccccc%12c%11)n%10)c9ccc87)c6)ccc4-5)nc(-n4c5ccccc5c5c6c7ccccc7n(-c7ccccc7)c6ccc54)n3)cc21. The molecule has 10 nitrogen and oxygen atoms in total. The van der Waals surface area contributed by atoms with Gasteiger partial charge in [-0.25, -0.2) is 9.97 Å². The molecule has 0 fully saturated rings. The minimum atomic E-state index is -0.398. The topological polar surface area (TPSA) is 97.1 Å². The Morgan fingerprint density at radius 2 is 0.555 bits per heavy atom. The Morgan fingerprint density at radius 3 is 1.08 bits per heavy atom. The zero-order valence-corrected chi connectivity index (χ0v) is 60.6. The average Bonchev–Trinajstić information content (AvgIpc) is 1.54. The molecule has 0 saturated heterocycles. The van der Waals surface area contributed by atoms with E-state index in [1.165, 1.54) is 60.7 Å². The fourth-order valence-electron chi connectivity index (χ4n) is 18.7. The highest BCUT2D eigenvalue weighted by atomic mass is 15.2. The molecule has 0 amide bonds. The van der Waals surface area contributed by atoms with Crippen LogP contribution >= 0.6 is 0 Å². The van der Waals surface area contributed by atoms with Crippen molar-refractivity contribution < 1.29 is 0 Å². The summed E-state index contributed by atoms with van der Waals surface area (Å²) in [6.07, 6.45) is 0. The fraction of sp³-hybridized carbons (Fsp3) is 0.0600. The molecule has 6 heterocycles. The van der Waals surface area contributed by atoms with Crippen LogP contribution in [0.1, 0.15) is 49.9 Å². The van der Waals surface area contributed by atoms with Crippen molar-refractivity contribution in [1.29, 1.82) is 0 Å². The third kappa shape index (κ3) is 8.98. The van der Waals surface area contributed by atoms with Crippen molar-refractivity contribution in [2.75, 3.05) is 0 Å². The van der Waals surface area contributed by atoms with Crippen molar-refractivity contribution >= 4 is 98.0 Å². The smallest absolute Gasteiger partial charge is 0.238 e. The molecule has 0 bridgehead atoms. The van der Waals surface area contributed by atoms with E-state index < -0.39 is 5.41 Å². The van der Waals surface area contributed by atoms with E-state index in [1.54, 1.807) is 0 Å². The van der Waals surface area contributed by atoms with Gasteiger partial charge in [0.15, 0.2) is 23.3 Å². The Morgan fingerprint density at radius 1 is 0.209 bits per heavy atom. The van der Waals surface area contributed by atoms with Crippen LogP contribution in [0.15, 0.2) is 328 Å². The van der Waals surface area contributed by atoms with Gasteiger partial charge in [0.2, 0.25) is 11.9 Å². The minimum absolute atomic E-state index is 0.230. The molecule has 516 valence electrons. The Labute approximate surface area is 632 Å². The molecule has 6 aromatic heterocycles. The number of rotatable bonds is 9. The van der Waals surface area contributed by atoms with Gasteiger partial charge in [0.05, 0.1) is 44.1 Å². The maximum Gasteiger partial charge on any atom is 0.238 e. The lowest BCUT2D eigenvalue weighted by molar-refractivity contribution is 0.660. The van der Waals surface area contributed by atoms with Gasteiger partial charge in [-0.05, 0) is 163 Å². The Bertz CT molecular complexity index is 7540. The number of para-hydroxylation sites is 5. The van der Waals surface area contributed by atoms with E-state index in [-0.39, 0.29) is 5.41 Å². The summed E-state index contributed by atoms with van der Waals surface area (Å²) >= 11 is 0. The Hall–Kier alpha value is -14.2. The Balaban J connectivity index is 0.644. The quantitative estimate of drug-likeness (QED) is 0.143. The van der Waals surface area contributed by atoms with E-state index in [1.807, 2.05) is 18.2 Å². The maximum atomic E-state index is 5.64. The first kappa shape index (κ1) is 62.0. The van der Waals surface area contributed by atoms with Crippen molar-refractivity contribution in [1.82, 2.24) is 48.2 Å². The van der Waals surface area contributed by atoms with Crippen molar-refractivity contribution in [2.24, 2.45) is 0 Å². The van der Waals surface area contributed by atoms with Gasteiger partial charge < -0.3 is 9.13 Å². The van der Waals surface area contributed by atoms with E-state index in [9.17, 15) is 0 Å². The molecule has 23 rings (SSSR count). The van der Waals surface area contributed by atoms with Crippen LogP contribution in [-0.4, -0.2) is 48.2 Å².